The summed E-state index contributed by atoms with van der Waals surface area (Å²) in [6.45, 7) is 0.0353. The maximum atomic E-state index is 11.9. The third-order valence-corrected chi connectivity index (χ3v) is 3.83. The minimum absolute atomic E-state index is 0.0353. The number of hydrogen-bond acceptors (Lipinski definition) is 2. The van der Waals surface area contributed by atoms with Crippen LogP contribution >= 0.6 is 50.7 Å². The second-order valence-corrected chi connectivity index (χ2v) is 6.32. The van der Waals surface area contributed by atoms with Gasteiger partial charge in [0.25, 0.3) is 0 Å². The Kier molecular flexibility index (Phi) is 5.76. The highest BCUT2D eigenvalue weighted by Crippen LogP contribution is 2.33. The molecule has 0 aliphatic heterocycles. The molecule has 21 heavy (non-hydrogen) atoms. The molecule has 3 nitrogen and oxygen atoms in total. The molecule has 0 unspecified atom stereocenters. The molecule has 0 heterocycles. The summed E-state index contributed by atoms with van der Waals surface area (Å²) in [6.07, 6.45) is 0. The van der Waals surface area contributed by atoms with E-state index in [-0.39, 0.29) is 12.5 Å². The fourth-order valence-corrected chi connectivity index (χ4v) is 3.18. The average Bonchev–Trinajstić information content (AvgIpc) is 2.37. The van der Waals surface area contributed by atoms with E-state index in [4.69, 9.17) is 34.8 Å². The SMILES string of the molecule is O=C(CNc1c(Cl)cc(Br)cc1Cl)Nc1cccc(Cl)c1. The summed E-state index contributed by atoms with van der Waals surface area (Å²) in [7, 11) is 0. The Balaban J connectivity index is 1.99. The molecule has 0 radical (unpaired) electrons. The van der Waals surface area contributed by atoms with E-state index in [1.54, 1.807) is 36.4 Å². The van der Waals surface area contributed by atoms with Crippen molar-refractivity contribution in [3.63, 3.8) is 0 Å². The van der Waals surface area contributed by atoms with Gasteiger partial charge in [0.15, 0.2) is 0 Å². The van der Waals surface area contributed by atoms with Crippen molar-refractivity contribution in [1.29, 1.82) is 0 Å². The largest absolute Gasteiger partial charge is 0.374 e. The van der Waals surface area contributed by atoms with Crippen LogP contribution in [0.25, 0.3) is 0 Å². The summed E-state index contributed by atoms with van der Waals surface area (Å²) in [4.78, 5) is 11.9. The predicted molar refractivity (Wildman–Crippen MR) is 92.7 cm³/mol. The minimum atomic E-state index is -0.229. The molecule has 2 aromatic carbocycles. The molecule has 0 atom stereocenters. The van der Waals surface area contributed by atoms with Crippen LogP contribution in [0.15, 0.2) is 40.9 Å². The third kappa shape index (κ3) is 4.78. The second-order valence-electron chi connectivity index (χ2n) is 4.16. The summed E-state index contributed by atoms with van der Waals surface area (Å²) >= 11 is 21.3. The van der Waals surface area contributed by atoms with Gasteiger partial charge in [0.1, 0.15) is 0 Å². The lowest BCUT2D eigenvalue weighted by atomic mass is 10.3. The number of amides is 1. The normalized spacial score (nSPS) is 10.3. The fourth-order valence-electron chi connectivity index (χ4n) is 1.65. The number of benzene rings is 2. The van der Waals surface area contributed by atoms with Crippen LogP contribution in [0, 0.1) is 0 Å². The molecule has 0 aliphatic carbocycles. The molecular weight excluding hydrogens is 398 g/mol. The van der Waals surface area contributed by atoms with E-state index in [0.29, 0.717) is 26.4 Å². The van der Waals surface area contributed by atoms with E-state index in [1.165, 1.54) is 0 Å². The van der Waals surface area contributed by atoms with Crippen LogP contribution < -0.4 is 10.6 Å². The first kappa shape index (κ1) is 16.4. The molecule has 0 saturated heterocycles. The Labute approximate surface area is 145 Å². The standard InChI is InChI=1S/C14H10BrCl3N2O/c15-8-4-11(17)14(12(18)5-8)19-7-13(21)20-10-3-1-2-9(16)6-10/h1-6,19H,7H2,(H,20,21). The van der Waals surface area contributed by atoms with Crippen molar-refractivity contribution in [3.8, 4) is 0 Å². The van der Waals surface area contributed by atoms with Crippen LogP contribution in [0.2, 0.25) is 15.1 Å². The number of nitrogens with one attached hydrogen (secondary N) is 2. The van der Waals surface area contributed by atoms with Gasteiger partial charge < -0.3 is 10.6 Å². The molecule has 0 aliphatic rings. The molecule has 2 N–H and O–H groups in total. The minimum Gasteiger partial charge on any atom is -0.374 e. The smallest absolute Gasteiger partial charge is 0.243 e. The first-order valence-corrected chi connectivity index (χ1v) is 7.82. The van der Waals surface area contributed by atoms with Gasteiger partial charge in [0, 0.05) is 15.2 Å². The lowest BCUT2D eigenvalue weighted by Gasteiger charge is -2.11. The number of hydrogen-bond donors (Lipinski definition) is 2. The predicted octanol–water partition coefficient (Wildman–Crippen LogP) is 5.46. The van der Waals surface area contributed by atoms with Crippen molar-refractivity contribution in [3.05, 3.63) is 55.9 Å². The van der Waals surface area contributed by atoms with Gasteiger partial charge in [-0.15, -0.1) is 0 Å². The summed E-state index contributed by atoms with van der Waals surface area (Å²) < 4.78 is 0.770. The maximum Gasteiger partial charge on any atom is 0.243 e. The second kappa shape index (κ2) is 7.36. The lowest BCUT2D eigenvalue weighted by Crippen LogP contribution is -2.22. The summed E-state index contributed by atoms with van der Waals surface area (Å²) in [5.41, 5.74) is 1.14. The zero-order valence-electron chi connectivity index (χ0n) is 10.6. The highest BCUT2D eigenvalue weighted by molar-refractivity contribution is 9.10. The fraction of sp³-hybridized carbons (Fsp3) is 0.0714. The van der Waals surface area contributed by atoms with Gasteiger partial charge in [0.05, 0.1) is 22.3 Å². The average molecular weight is 409 g/mol. The van der Waals surface area contributed by atoms with Crippen LogP contribution in [0.1, 0.15) is 0 Å². The Bertz CT molecular complexity index is 656. The molecular formula is C14H10BrCl3N2O. The molecule has 0 spiro atoms. The van der Waals surface area contributed by atoms with E-state index in [2.05, 4.69) is 26.6 Å². The van der Waals surface area contributed by atoms with Crippen LogP contribution in [-0.2, 0) is 4.79 Å². The topological polar surface area (TPSA) is 41.1 Å². The first-order valence-electron chi connectivity index (χ1n) is 5.89. The van der Waals surface area contributed by atoms with E-state index in [0.717, 1.165) is 4.47 Å². The van der Waals surface area contributed by atoms with Crippen LogP contribution in [0.4, 0.5) is 11.4 Å². The number of halogens is 4. The van der Waals surface area contributed by atoms with Gasteiger partial charge >= 0.3 is 0 Å². The number of rotatable bonds is 4. The van der Waals surface area contributed by atoms with Gasteiger partial charge in [-0.3, -0.25) is 4.79 Å². The summed E-state index contributed by atoms with van der Waals surface area (Å²) in [6, 6.07) is 10.3. The molecule has 0 saturated carbocycles. The Morgan fingerprint density at radius 3 is 2.38 bits per heavy atom. The quantitative estimate of drug-likeness (QED) is 0.705. The van der Waals surface area contributed by atoms with Gasteiger partial charge in [-0.25, -0.2) is 0 Å². The highest BCUT2D eigenvalue weighted by Gasteiger charge is 2.09. The number of carbonyl (C=O) groups excluding carboxylic acids is 1. The van der Waals surface area contributed by atoms with E-state index >= 15 is 0 Å². The third-order valence-electron chi connectivity index (χ3n) is 2.54. The van der Waals surface area contributed by atoms with Crippen molar-refractivity contribution in [2.24, 2.45) is 0 Å². The van der Waals surface area contributed by atoms with Gasteiger partial charge in [0.2, 0.25) is 5.91 Å². The van der Waals surface area contributed by atoms with Gasteiger partial charge in [-0.1, -0.05) is 56.8 Å². The van der Waals surface area contributed by atoms with E-state index in [1.807, 2.05) is 0 Å². The van der Waals surface area contributed by atoms with E-state index in [9.17, 15) is 4.79 Å². The molecule has 0 fully saturated rings. The van der Waals surface area contributed by atoms with Crippen molar-refractivity contribution < 1.29 is 4.79 Å². The zero-order chi connectivity index (χ0) is 15.4. The summed E-state index contributed by atoms with van der Waals surface area (Å²) in [5.74, 6) is -0.229. The Morgan fingerprint density at radius 2 is 1.76 bits per heavy atom. The van der Waals surface area contributed by atoms with Crippen LogP contribution in [0.5, 0.6) is 0 Å². The Morgan fingerprint density at radius 1 is 1.10 bits per heavy atom. The molecule has 1 amide bonds. The molecule has 110 valence electrons. The van der Waals surface area contributed by atoms with Gasteiger partial charge in [-0.05, 0) is 30.3 Å². The molecule has 0 bridgehead atoms. The van der Waals surface area contributed by atoms with Crippen LogP contribution in [0.3, 0.4) is 0 Å². The molecule has 2 aromatic rings. The summed E-state index contributed by atoms with van der Waals surface area (Å²) in [5, 5.41) is 7.06. The zero-order valence-corrected chi connectivity index (χ0v) is 14.4. The van der Waals surface area contributed by atoms with Crippen molar-refractivity contribution in [1.82, 2.24) is 0 Å². The number of anilines is 2. The van der Waals surface area contributed by atoms with Crippen molar-refractivity contribution in [2.45, 2.75) is 0 Å². The monoisotopic (exact) mass is 406 g/mol. The molecule has 2 rings (SSSR count). The first-order chi connectivity index (χ1) is 9.95. The molecule has 0 aromatic heterocycles. The van der Waals surface area contributed by atoms with E-state index < -0.39 is 0 Å². The maximum absolute atomic E-state index is 11.9. The molecule has 7 heteroatoms. The number of carbonyl (C=O) groups is 1. The lowest BCUT2D eigenvalue weighted by molar-refractivity contribution is -0.114. The highest BCUT2D eigenvalue weighted by atomic mass is 79.9. The van der Waals surface area contributed by atoms with Crippen molar-refractivity contribution in [2.75, 3.05) is 17.2 Å². The van der Waals surface area contributed by atoms with Crippen LogP contribution in [-0.4, -0.2) is 12.5 Å². The van der Waals surface area contributed by atoms with Crippen molar-refractivity contribution >= 4 is 68.0 Å². The van der Waals surface area contributed by atoms with Gasteiger partial charge in [-0.2, -0.15) is 0 Å². The Hall–Kier alpha value is -0.940.